The van der Waals surface area contributed by atoms with Crippen LogP contribution in [0, 0.1) is 5.92 Å². The van der Waals surface area contributed by atoms with E-state index in [4.69, 9.17) is 14.2 Å². The van der Waals surface area contributed by atoms with E-state index in [0.29, 0.717) is 42.9 Å². The lowest BCUT2D eigenvalue weighted by molar-refractivity contribution is 0.0606. The maximum Gasteiger partial charge on any atom is 0.321 e. The summed E-state index contributed by atoms with van der Waals surface area (Å²) in [6.45, 7) is 2.99. The summed E-state index contributed by atoms with van der Waals surface area (Å²) >= 11 is 0. The maximum absolute atomic E-state index is 12.6. The third-order valence-corrected chi connectivity index (χ3v) is 4.90. The van der Waals surface area contributed by atoms with Crippen molar-refractivity contribution in [3.8, 4) is 11.5 Å². The summed E-state index contributed by atoms with van der Waals surface area (Å²) in [6.07, 6.45) is 2.08. The normalized spacial score (nSPS) is 18.4. The van der Waals surface area contributed by atoms with Crippen LogP contribution in [0.1, 0.15) is 18.4 Å². The van der Waals surface area contributed by atoms with Crippen LogP contribution in [0.5, 0.6) is 11.5 Å². The monoisotopic (exact) mass is 368 g/mol. The van der Waals surface area contributed by atoms with E-state index in [2.05, 4.69) is 17.4 Å². The molecule has 6 nitrogen and oxygen atoms in total. The molecule has 1 saturated heterocycles. The first-order valence-corrected chi connectivity index (χ1v) is 9.35. The summed E-state index contributed by atoms with van der Waals surface area (Å²) in [5.41, 5.74) is 1.89. The number of carbonyl (C=O) groups is 1. The molecule has 142 valence electrons. The number of amides is 2. The summed E-state index contributed by atoms with van der Waals surface area (Å²) < 4.78 is 16.5. The molecule has 27 heavy (non-hydrogen) atoms. The van der Waals surface area contributed by atoms with Crippen molar-refractivity contribution in [1.82, 2.24) is 4.90 Å². The van der Waals surface area contributed by atoms with Gasteiger partial charge in [0.2, 0.25) is 6.79 Å². The summed E-state index contributed by atoms with van der Waals surface area (Å²) in [7, 11) is 0. The summed E-state index contributed by atoms with van der Waals surface area (Å²) in [4.78, 5) is 14.5. The van der Waals surface area contributed by atoms with Crippen molar-refractivity contribution in [3.63, 3.8) is 0 Å². The number of rotatable bonds is 5. The summed E-state index contributed by atoms with van der Waals surface area (Å²) in [5.74, 6) is 1.74. The molecule has 2 aromatic rings. The molecule has 0 radical (unpaired) electrons. The molecule has 0 aromatic heterocycles. The van der Waals surface area contributed by atoms with E-state index >= 15 is 0 Å². The maximum atomic E-state index is 12.6. The second-order valence-electron chi connectivity index (χ2n) is 6.95. The fourth-order valence-corrected chi connectivity index (χ4v) is 3.48. The molecule has 1 atom stereocenters. The van der Waals surface area contributed by atoms with Crippen LogP contribution in [-0.2, 0) is 11.3 Å². The van der Waals surface area contributed by atoms with E-state index < -0.39 is 0 Å². The number of fused-ring (bicyclic) bond motifs is 1. The van der Waals surface area contributed by atoms with Crippen molar-refractivity contribution in [3.05, 3.63) is 54.1 Å². The molecule has 2 aliphatic rings. The standard InChI is InChI=1S/C21H24N2O4/c24-21(22-18-8-9-19-20(11-18)27-15-26-19)23-10-4-7-17(12-23)14-25-13-16-5-2-1-3-6-16/h1-3,5-6,8-9,11,17H,4,7,10,12-15H2,(H,22,24). The van der Waals surface area contributed by atoms with E-state index in [0.717, 1.165) is 19.4 Å². The number of carbonyl (C=O) groups excluding carboxylic acids is 1. The highest BCUT2D eigenvalue weighted by molar-refractivity contribution is 5.89. The molecular weight excluding hydrogens is 344 g/mol. The molecule has 1 N–H and O–H groups in total. The lowest BCUT2D eigenvalue weighted by atomic mass is 9.99. The second-order valence-corrected chi connectivity index (χ2v) is 6.95. The third-order valence-electron chi connectivity index (χ3n) is 4.90. The number of urea groups is 1. The molecule has 0 aliphatic carbocycles. The average Bonchev–Trinajstić information content (AvgIpc) is 3.17. The molecule has 0 spiro atoms. The lowest BCUT2D eigenvalue weighted by Crippen LogP contribution is -2.43. The van der Waals surface area contributed by atoms with Crippen molar-refractivity contribution < 1.29 is 19.0 Å². The SMILES string of the molecule is O=C(Nc1ccc2c(c1)OCO2)N1CCCC(COCc2ccccc2)C1. The number of hydrogen-bond acceptors (Lipinski definition) is 4. The predicted molar refractivity (Wildman–Crippen MR) is 102 cm³/mol. The van der Waals surface area contributed by atoms with Gasteiger partial charge in [0, 0.05) is 30.8 Å². The van der Waals surface area contributed by atoms with Gasteiger partial charge in [0.25, 0.3) is 0 Å². The molecule has 2 heterocycles. The quantitative estimate of drug-likeness (QED) is 0.870. The Hall–Kier alpha value is -2.73. The molecule has 4 rings (SSSR count). The fourth-order valence-electron chi connectivity index (χ4n) is 3.48. The zero-order valence-corrected chi connectivity index (χ0v) is 15.2. The molecule has 2 amide bonds. The largest absolute Gasteiger partial charge is 0.454 e. The van der Waals surface area contributed by atoms with Gasteiger partial charge in [-0.2, -0.15) is 0 Å². The van der Waals surface area contributed by atoms with Gasteiger partial charge in [-0.3, -0.25) is 0 Å². The molecule has 2 aliphatic heterocycles. The number of nitrogens with zero attached hydrogens (tertiary/aromatic N) is 1. The zero-order valence-electron chi connectivity index (χ0n) is 15.2. The number of anilines is 1. The molecular formula is C21H24N2O4. The number of likely N-dealkylation sites (tertiary alicyclic amines) is 1. The minimum absolute atomic E-state index is 0.0818. The van der Waals surface area contributed by atoms with Crippen LogP contribution < -0.4 is 14.8 Å². The zero-order chi connectivity index (χ0) is 18.5. The van der Waals surface area contributed by atoms with E-state index in [1.54, 1.807) is 6.07 Å². The van der Waals surface area contributed by atoms with Crippen molar-refractivity contribution in [2.24, 2.45) is 5.92 Å². The van der Waals surface area contributed by atoms with Gasteiger partial charge in [0.05, 0.1) is 13.2 Å². The van der Waals surface area contributed by atoms with Crippen LogP contribution in [0.4, 0.5) is 10.5 Å². The molecule has 0 saturated carbocycles. The molecule has 6 heteroatoms. The van der Waals surface area contributed by atoms with Gasteiger partial charge < -0.3 is 24.4 Å². The fraction of sp³-hybridized carbons (Fsp3) is 0.381. The minimum atomic E-state index is -0.0818. The van der Waals surface area contributed by atoms with Gasteiger partial charge >= 0.3 is 6.03 Å². The van der Waals surface area contributed by atoms with Gasteiger partial charge in [-0.15, -0.1) is 0 Å². The number of hydrogen-bond donors (Lipinski definition) is 1. The topological polar surface area (TPSA) is 60.0 Å². The third kappa shape index (κ3) is 4.52. The van der Waals surface area contributed by atoms with Crippen LogP contribution in [-0.4, -0.2) is 37.4 Å². The Kier molecular flexibility index (Phi) is 5.44. The number of ether oxygens (including phenoxy) is 3. The highest BCUT2D eigenvalue weighted by Crippen LogP contribution is 2.34. The van der Waals surface area contributed by atoms with E-state index in [-0.39, 0.29) is 12.8 Å². The lowest BCUT2D eigenvalue weighted by Gasteiger charge is -2.32. The number of benzene rings is 2. The minimum Gasteiger partial charge on any atom is -0.454 e. The smallest absolute Gasteiger partial charge is 0.321 e. The number of nitrogens with one attached hydrogen (secondary N) is 1. The Morgan fingerprint density at radius 2 is 2.00 bits per heavy atom. The highest BCUT2D eigenvalue weighted by atomic mass is 16.7. The van der Waals surface area contributed by atoms with E-state index in [1.807, 2.05) is 35.2 Å². The predicted octanol–water partition coefficient (Wildman–Crippen LogP) is 3.88. The summed E-state index contributed by atoms with van der Waals surface area (Å²) in [6, 6.07) is 15.5. The summed E-state index contributed by atoms with van der Waals surface area (Å²) in [5, 5.41) is 2.95. The first kappa shape index (κ1) is 17.7. The van der Waals surface area contributed by atoms with Crippen LogP contribution in [0.2, 0.25) is 0 Å². The van der Waals surface area contributed by atoms with Crippen molar-refractivity contribution >= 4 is 11.7 Å². The Balaban J connectivity index is 1.26. The molecule has 1 unspecified atom stereocenters. The van der Waals surface area contributed by atoms with Crippen molar-refractivity contribution in [1.29, 1.82) is 0 Å². The van der Waals surface area contributed by atoms with E-state index in [9.17, 15) is 4.79 Å². The van der Waals surface area contributed by atoms with Crippen molar-refractivity contribution in [2.75, 3.05) is 31.8 Å². The van der Waals surface area contributed by atoms with Gasteiger partial charge in [-0.05, 0) is 30.5 Å². The van der Waals surface area contributed by atoms with Gasteiger partial charge in [0.1, 0.15) is 0 Å². The molecule has 0 bridgehead atoms. The Morgan fingerprint density at radius 1 is 1.15 bits per heavy atom. The number of piperidine rings is 1. The van der Waals surface area contributed by atoms with Crippen LogP contribution in [0.15, 0.2) is 48.5 Å². The molecule has 1 fully saturated rings. The van der Waals surface area contributed by atoms with Crippen molar-refractivity contribution in [2.45, 2.75) is 19.4 Å². The Bertz CT molecular complexity index is 781. The Labute approximate surface area is 159 Å². The Morgan fingerprint density at radius 3 is 2.89 bits per heavy atom. The van der Waals surface area contributed by atoms with Crippen LogP contribution >= 0.6 is 0 Å². The molecule has 2 aromatic carbocycles. The highest BCUT2D eigenvalue weighted by Gasteiger charge is 2.24. The van der Waals surface area contributed by atoms with Gasteiger partial charge in [-0.1, -0.05) is 30.3 Å². The van der Waals surface area contributed by atoms with E-state index in [1.165, 1.54) is 5.56 Å². The van der Waals surface area contributed by atoms with Crippen LogP contribution in [0.3, 0.4) is 0 Å². The first-order chi connectivity index (χ1) is 13.3. The first-order valence-electron chi connectivity index (χ1n) is 9.35. The average molecular weight is 368 g/mol. The van der Waals surface area contributed by atoms with Gasteiger partial charge in [-0.25, -0.2) is 4.79 Å². The van der Waals surface area contributed by atoms with Crippen LogP contribution in [0.25, 0.3) is 0 Å². The van der Waals surface area contributed by atoms with Gasteiger partial charge in [0.15, 0.2) is 11.5 Å². The second kappa shape index (κ2) is 8.31.